The van der Waals surface area contributed by atoms with Crippen LogP contribution in [0.1, 0.15) is 142 Å². The van der Waals surface area contributed by atoms with E-state index in [2.05, 4.69) is 13.8 Å². The molecule has 0 saturated carbocycles. The van der Waals surface area contributed by atoms with Gasteiger partial charge in [-0.3, -0.25) is 24.0 Å². The molecule has 0 N–H and O–H groups in total. The fraction of sp³-hybridized carbons (Fsp3) is 0.717. The summed E-state index contributed by atoms with van der Waals surface area (Å²) in [5.74, 6) is -1.93. The molecule has 382 valence electrons. The third kappa shape index (κ3) is 16.2. The summed E-state index contributed by atoms with van der Waals surface area (Å²) in [6.07, 6.45) is 1.38. The molecule has 1 aromatic heterocycles. The molecule has 0 unspecified atom stereocenters. The summed E-state index contributed by atoms with van der Waals surface area (Å²) in [5, 5.41) is 2.40. The number of methoxy groups -OCH3 is 2. The Morgan fingerprint density at radius 3 is 2.00 bits per heavy atom. The molecule has 2 aromatic rings. The lowest BCUT2D eigenvalue weighted by molar-refractivity contribution is -0.149. The molecule has 4 amide bonds. The Bertz CT molecular complexity index is 1950. The first-order valence-electron chi connectivity index (χ1n) is 24.7. The number of rotatable bonds is 26. The van der Waals surface area contributed by atoms with Gasteiger partial charge in [-0.1, -0.05) is 92.1 Å². The van der Waals surface area contributed by atoms with Crippen LogP contribution in [0, 0.1) is 35.5 Å². The standard InChI is InChI=1S/C53H85N5O9S/c1-17-35(6)47(57(14)50(62)40(34(4)5)30-44(60)36(7)33(2)3)45(65-15)31-46(61)58-25-21-24-42(58)48(66-16)37(8)43(59)29-39(28-38-22-19-18-20-23-38)49-54-41(32-68-49)51(63)55(12)26-27-56(13)52(64)67-53(9,10)11/h18-20,22-23,32-37,39-40,42,45,47-48H,17,21,24-31H2,1-16H3/t35-,36-,37-,39+,40-,42-,45+,47-,48+/m0/s1. The molecule has 1 aliphatic rings. The van der Waals surface area contributed by atoms with Gasteiger partial charge in [-0.15, -0.1) is 11.3 Å². The van der Waals surface area contributed by atoms with Gasteiger partial charge in [0, 0.05) is 96.9 Å². The number of ether oxygens (including phenoxy) is 3. The van der Waals surface area contributed by atoms with Gasteiger partial charge < -0.3 is 33.8 Å². The lowest BCUT2D eigenvalue weighted by atomic mass is 9.82. The van der Waals surface area contributed by atoms with Crippen molar-refractivity contribution in [1.82, 2.24) is 24.6 Å². The number of likely N-dealkylation sites (N-methyl/N-ethyl adjacent to an activating group) is 3. The number of likely N-dealkylation sites (tertiary alicyclic amines) is 1. The smallest absolute Gasteiger partial charge is 0.410 e. The van der Waals surface area contributed by atoms with E-state index in [0.717, 1.165) is 18.4 Å². The van der Waals surface area contributed by atoms with Crippen molar-refractivity contribution in [2.45, 2.75) is 157 Å². The Labute approximate surface area is 412 Å². The SMILES string of the molecule is CC[C@H](C)[C@@H]([C@@H](CC(=O)N1CCC[C@H]1[C@H](OC)[C@@H](C)C(=O)C[C@@H](Cc1ccccc1)c1nc(C(=O)N(C)CCN(C)C(=O)OC(C)(C)C)cs1)OC)N(C)C(=O)[C@@H](CC(=O)[C@@H](C)C(C)C)C(C)C. The molecule has 9 atom stereocenters. The molecule has 0 bridgehead atoms. The summed E-state index contributed by atoms with van der Waals surface area (Å²) in [6, 6.07) is 9.11. The number of nitrogens with zero attached hydrogens (tertiary/aromatic N) is 5. The molecule has 3 rings (SSSR count). The number of amides is 4. The second-order valence-corrected chi connectivity index (χ2v) is 21.8. The van der Waals surface area contributed by atoms with Crippen LogP contribution < -0.4 is 0 Å². The van der Waals surface area contributed by atoms with Crippen LogP contribution in [0.4, 0.5) is 4.79 Å². The quantitative estimate of drug-likeness (QED) is 0.0893. The minimum absolute atomic E-state index is 0.00634. The van der Waals surface area contributed by atoms with E-state index in [1.165, 1.54) is 21.1 Å². The zero-order chi connectivity index (χ0) is 51.2. The van der Waals surface area contributed by atoms with Crippen LogP contribution >= 0.6 is 11.3 Å². The van der Waals surface area contributed by atoms with E-state index < -0.39 is 41.8 Å². The molecule has 1 aliphatic heterocycles. The minimum atomic E-state index is -0.636. The van der Waals surface area contributed by atoms with Gasteiger partial charge in [0.2, 0.25) is 11.8 Å². The zero-order valence-corrected chi connectivity index (χ0v) is 45.0. The molecule has 0 radical (unpaired) electrons. The van der Waals surface area contributed by atoms with Crippen LogP contribution in [0.5, 0.6) is 0 Å². The van der Waals surface area contributed by atoms with Gasteiger partial charge in [-0.2, -0.15) is 0 Å². The zero-order valence-electron chi connectivity index (χ0n) is 44.2. The molecule has 2 heterocycles. The van der Waals surface area contributed by atoms with E-state index in [1.54, 1.807) is 66.4 Å². The van der Waals surface area contributed by atoms with Crippen LogP contribution in [0.3, 0.4) is 0 Å². The molecular formula is C53H85N5O9S. The van der Waals surface area contributed by atoms with Crippen molar-refractivity contribution in [3.05, 3.63) is 52.0 Å². The average molecular weight is 968 g/mol. The van der Waals surface area contributed by atoms with Crippen molar-refractivity contribution in [1.29, 1.82) is 0 Å². The van der Waals surface area contributed by atoms with Gasteiger partial charge in [0.05, 0.1) is 35.7 Å². The maximum atomic E-state index is 14.5. The number of benzene rings is 1. The van der Waals surface area contributed by atoms with Crippen molar-refractivity contribution in [2.24, 2.45) is 35.5 Å². The molecule has 0 spiro atoms. The first kappa shape index (κ1) is 58.1. The highest BCUT2D eigenvalue weighted by molar-refractivity contribution is 7.10. The van der Waals surface area contributed by atoms with Gasteiger partial charge in [-0.25, -0.2) is 9.78 Å². The van der Waals surface area contributed by atoms with Gasteiger partial charge in [0.15, 0.2) is 0 Å². The Balaban J connectivity index is 1.81. The van der Waals surface area contributed by atoms with Crippen molar-refractivity contribution in [3.8, 4) is 0 Å². The summed E-state index contributed by atoms with van der Waals surface area (Å²) in [6.45, 7) is 22.4. The highest BCUT2D eigenvalue weighted by Crippen LogP contribution is 2.34. The number of hydrogen-bond donors (Lipinski definition) is 0. The Hall–Kier alpha value is -4.21. The summed E-state index contributed by atoms with van der Waals surface area (Å²) in [4.78, 5) is 94.0. The summed E-state index contributed by atoms with van der Waals surface area (Å²) in [5.41, 5.74) is 0.666. The number of thiazole rings is 1. The highest BCUT2D eigenvalue weighted by Gasteiger charge is 2.43. The van der Waals surface area contributed by atoms with Gasteiger partial charge >= 0.3 is 6.09 Å². The number of carbonyl (C=O) groups is 6. The van der Waals surface area contributed by atoms with E-state index in [-0.39, 0.29) is 103 Å². The molecule has 14 nitrogen and oxygen atoms in total. The van der Waals surface area contributed by atoms with Crippen molar-refractivity contribution >= 4 is 46.7 Å². The normalized spacial score (nSPS) is 17.7. The second-order valence-electron chi connectivity index (χ2n) is 20.9. The number of hydrogen-bond acceptors (Lipinski definition) is 11. The third-order valence-corrected chi connectivity index (χ3v) is 15.1. The van der Waals surface area contributed by atoms with E-state index >= 15 is 0 Å². The van der Waals surface area contributed by atoms with Crippen LogP contribution in [0.2, 0.25) is 0 Å². The van der Waals surface area contributed by atoms with Gasteiger partial charge in [-0.05, 0) is 63.4 Å². The summed E-state index contributed by atoms with van der Waals surface area (Å²) in [7, 11) is 8.25. The van der Waals surface area contributed by atoms with Crippen LogP contribution in [-0.4, -0.2) is 145 Å². The molecule has 1 fully saturated rings. The number of ketones is 2. The number of carbonyl (C=O) groups excluding carboxylic acids is 6. The monoisotopic (exact) mass is 968 g/mol. The summed E-state index contributed by atoms with van der Waals surface area (Å²) >= 11 is 1.35. The maximum Gasteiger partial charge on any atom is 0.410 e. The van der Waals surface area contributed by atoms with E-state index in [1.807, 2.05) is 76.8 Å². The van der Waals surface area contributed by atoms with Crippen LogP contribution in [-0.2, 0) is 39.8 Å². The molecule has 0 aliphatic carbocycles. The average Bonchev–Trinajstić information content (AvgIpc) is 3.99. The lowest BCUT2D eigenvalue weighted by Crippen LogP contribution is -2.54. The third-order valence-electron chi connectivity index (χ3n) is 14.1. The first-order valence-corrected chi connectivity index (χ1v) is 25.6. The van der Waals surface area contributed by atoms with Crippen molar-refractivity contribution < 1.29 is 43.0 Å². The van der Waals surface area contributed by atoms with E-state index in [0.29, 0.717) is 24.4 Å². The number of Topliss-reactive ketones (excluding diaryl/α,β-unsaturated/α-hetero) is 2. The summed E-state index contributed by atoms with van der Waals surface area (Å²) < 4.78 is 17.7. The molecule has 1 saturated heterocycles. The number of aromatic nitrogens is 1. The fourth-order valence-corrected chi connectivity index (χ4v) is 10.1. The Kier molecular flexibility index (Phi) is 22.8. The fourth-order valence-electron chi connectivity index (χ4n) is 9.16. The molecule has 1 aromatic carbocycles. The highest BCUT2D eigenvalue weighted by atomic mass is 32.1. The predicted molar refractivity (Wildman–Crippen MR) is 269 cm³/mol. The maximum absolute atomic E-state index is 14.5. The Morgan fingerprint density at radius 1 is 0.824 bits per heavy atom. The Morgan fingerprint density at radius 2 is 1.44 bits per heavy atom. The predicted octanol–water partition coefficient (Wildman–Crippen LogP) is 8.81. The van der Waals surface area contributed by atoms with Gasteiger partial charge in [0.25, 0.3) is 5.91 Å². The first-order chi connectivity index (χ1) is 31.9. The minimum Gasteiger partial charge on any atom is -0.444 e. The largest absolute Gasteiger partial charge is 0.444 e. The molecule has 15 heteroatoms. The van der Waals surface area contributed by atoms with Crippen molar-refractivity contribution in [3.63, 3.8) is 0 Å². The van der Waals surface area contributed by atoms with Crippen LogP contribution in [0.15, 0.2) is 35.7 Å². The van der Waals surface area contributed by atoms with Crippen LogP contribution in [0.25, 0.3) is 0 Å². The van der Waals surface area contributed by atoms with Gasteiger partial charge in [0.1, 0.15) is 22.9 Å². The topological polar surface area (TPSA) is 156 Å². The molecule has 68 heavy (non-hydrogen) atoms. The molecular weight excluding hydrogens is 883 g/mol. The van der Waals surface area contributed by atoms with Crippen molar-refractivity contribution in [2.75, 3.05) is 55.0 Å². The lowest BCUT2D eigenvalue weighted by Gasteiger charge is -2.41. The second kappa shape index (κ2) is 26.7. The van der Waals surface area contributed by atoms with E-state index in [4.69, 9.17) is 19.2 Å². The van der Waals surface area contributed by atoms with E-state index in [9.17, 15) is 28.8 Å².